The first-order chi connectivity index (χ1) is 15.3. The maximum Gasteiger partial charge on any atom is 0.252 e. The number of aliphatic hydroxyl groups excluding tert-OH is 2. The Morgan fingerprint density at radius 1 is 1.22 bits per heavy atom. The third-order valence-electron chi connectivity index (χ3n) is 6.23. The molecular weight excluding hydrogens is 416 g/mol. The van der Waals surface area contributed by atoms with Crippen LogP contribution in [0.3, 0.4) is 0 Å². The third kappa shape index (κ3) is 3.91. The molecule has 2 aromatic rings. The molecule has 1 unspecified atom stereocenters. The molecule has 3 heterocycles. The van der Waals surface area contributed by atoms with Crippen LogP contribution in [0.1, 0.15) is 57.0 Å². The summed E-state index contributed by atoms with van der Waals surface area (Å²) in [6.45, 7) is 0. The van der Waals surface area contributed by atoms with Crippen LogP contribution < -0.4 is 11.1 Å². The van der Waals surface area contributed by atoms with Gasteiger partial charge in [0.05, 0.1) is 6.33 Å². The van der Waals surface area contributed by atoms with Gasteiger partial charge >= 0.3 is 0 Å². The number of amides is 1. The number of ether oxygens (including phenoxy) is 1. The Morgan fingerprint density at radius 2 is 1.97 bits per heavy atom. The number of aromatic nitrogens is 4. The van der Waals surface area contributed by atoms with Gasteiger partial charge in [0.1, 0.15) is 23.3 Å². The van der Waals surface area contributed by atoms with E-state index >= 15 is 0 Å². The summed E-state index contributed by atoms with van der Waals surface area (Å²) in [5.41, 5.74) is 5.50. The molecule has 11 nitrogen and oxygen atoms in total. The number of carbonyl (C=O) groups excluding carboxylic acids is 1. The molecule has 0 aromatic carbocycles. The number of imidazole rings is 1. The molecule has 6 N–H and O–H groups in total. The summed E-state index contributed by atoms with van der Waals surface area (Å²) in [5, 5.41) is 34.3. The van der Waals surface area contributed by atoms with Crippen molar-refractivity contribution in [3.8, 4) is 11.8 Å². The van der Waals surface area contributed by atoms with Gasteiger partial charge in [0.2, 0.25) is 5.82 Å². The first-order valence-electron chi connectivity index (χ1n) is 10.9. The average molecular weight is 442 g/mol. The Labute approximate surface area is 184 Å². The smallest absolute Gasteiger partial charge is 0.252 e. The summed E-state index contributed by atoms with van der Waals surface area (Å²) < 4.78 is 7.12. The first kappa shape index (κ1) is 21.1. The fraction of sp³-hybridized carbons (Fsp3) is 0.619. The molecule has 1 aliphatic heterocycles. The molecule has 2 saturated carbocycles. The minimum atomic E-state index is -1.41. The third-order valence-corrected chi connectivity index (χ3v) is 6.23. The Balaban J connectivity index is 1.44. The van der Waals surface area contributed by atoms with Gasteiger partial charge in [-0.25, -0.2) is 15.0 Å². The van der Waals surface area contributed by atoms with Crippen molar-refractivity contribution < 1.29 is 24.9 Å². The van der Waals surface area contributed by atoms with Crippen molar-refractivity contribution in [1.82, 2.24) is 24.8 Å². The fourth-order valence-electron chi connectivity index (χ4n) is 4.23. The standard InChI is InChI=1S/C21H26N6O5/c22-17-13-18(26-12(25-17)6-9-21(31)7-2-1-3-8-21)27(10-23-13)20-15(29)14(28)16(32-20)19(30)24-11-4-5-11/h10-11,14-16,20,28-29,31H,1-5,7-8H2,(H,24,30)(H2,22,25,26)/t14-,15?,16+,20-/m1/s1. The molecule has 170 valence electrons. The first-order valence-corrected chi connectivity index (χ1v) is 10.9. The molecule has 0 radical (unpaired) electrons. The quantitative estimate of drug-likeness (QED) is 0.388. The highest BCUT2D eigenvalue weighted by Crippen LogP contribution is 2.33. The number of rotatable bonds is 3. The number of anilines is 1. The average Bonchev–Trinajstić information content (AvgIpc) is 3.40. The molecule has 2 aliphatic carbocycles. The SMILES string of the molecule is Nc1nc(C#CC2(O)CCCCC2)nc2c1ncn2[C@@H]1O[C@H](C(=O)NC2CC2)[C@H](O)C1O. The van der Waals surface area contributed by atoms with Gasteiger partial charge in [-0.1, -0.05) is 12.3 Å². The van der Waals surface area contributed by atoms with E-state index in [9.17, 15) is 20.1 Å². The fourth-order valence-corrected chi connectivity index (χ4v) is 4.23. The van der Waals surface area contributed by atoms with Crippen molar-refractivity contribution in [2.45, 2.75) is 81.1 Å². The van der Waals surface area contributed by atoms with Gasteiger partial charge in [-0.2, -0.15) is 0 Å². The number of nitrogens with two attached hydrogens (primary N) is 1. The van der Waals surface area contributed by atoms with Crippen LogP contribution in [0.5, 0.6) is 0 Å². The van der Waals surface area contributed by atoms with Crippen LogP contribution in [0.4, 0.5) is 5.82 Å². The minimum Gasteiger partial charge on any atom is -0.387 e. The van der Waals surface area contributed by atoms with E-state index in [1.165, 1.54) is 10.9 Å². The van der Waals surface area contributed by atoms with Crippen molar-refractivity contribution in [3.63, 3.8) is 0 Å². The normalized spacial score (nSPS) is 29.5. The summed E-state index contributed by atoms with van der Waals surface area (Å²) in [6.07, 6.45) is 2.14. The highest BCUT2D eigenvalue weighted by atomic mass is 16.6. The number of carbonyl (C=O) groups is 1. The molecule has 3 fully saturated rings. The van der Waals surface area contributed by atoms with Crippen LogP contribution in [0.2, 0.25) is 0 Å². The molecule has 4 atom stereocenters. The van der Waals surface area contributed by atoms with Crippen molar-refractivity contribution >= 4 is 22.9 Å². The van der Waals surface area contributed by atoms with Gasteiger partial charge in [-0.15, -0.1) is 0 Å². The summed E-state index contributed by atoms with van der Waals surface area (Å²) in [4.78, 5) is 25.1. The van der Waals surface area contributed by atoms with Crippen LogP contribution in [0.25, 0.3) is 11.2 Å². The van der Waals surface area contributed by atoms with Gasteiger partial charge in [0.25, 0.3) is 5.91 Å². The minimum absolute atomic E-state index is 0.0877. The number of hydrogen-bond donors (Lipinski definition) is 5. The molecule has 1 saturated heterocycles. The van der Waals surface area contributed by atoms with E-state index < -0.39 is 36.0 Å². The van der Waals surface area contributed by atoms with Crippen molar-refractivity contribution in [2.75, 3.05) is 5.73 Å². The molecule has 2 aromatic heterocycles. The van der Waals surface area contributed by atoms with Crippen molar-refractivity contribution in [3.05, 3.63) is 12.2 Å². The predicted octanol–water partition coefficient (Wildman–Crippen LogP) is -0.647. The van der Waals surface area contributed by atoms with Gasteiger partial charge in [0, 0.05) is 6.04 Å². The molecule has 11 heteroatoms. The molecule has 32 heavy (non-hydrogen) atoms. The van der Waals surface area contributed by atoms with E-state index in [4.69, 9.17) is 10.5 Å². The number of hydrogen-bond acceptors (Lipinski definition) is 9. The summed E-state index contributed by atoms with van der Waals surface area (Å²) in [5.74, 6) is 5.41. The number of aliphatic hydroxyl groups is 3. The van der Waals surface area contributed by atoms with Gasteiger partial charge in [0.15, 0.2) is 23.8 Å². The van der Waals surface area contributed by atoms with Crippen LogP contribution in [-0.2, 0) is 9.53 Å². The second kappa shape index (κ2) is 7.97. The van der Waals surface area contributed by atoms with Crippen LogP contribution in [0, 0.1) is 11.8 Å². The maximum atomic E-state index is 12.4. The lowest BCUT2D eigenvalue weighted by Crippen LogP contribution is -2.43. The predicted molar refractivity (Wildman–Crippen MR) is 112 cm³/mol. The Kier molecular flexibility index (Phi) is 5.25. The van der Waals surface area contributed by atoms with Crippen LogP contribution in [-0.4, -0.2) is 70.7 Å². The zero-order valence-electron chi connectivity index (χ0n) is 17.4. The van der Waals surface area contributed by atoms with E-state index in [1.54, 1.807) is 0 Å². The molecule has 1 amide bonds. The van der Waals surface area contributed by atoms with Crippen LogP contribution in [0.15, 0.2) is 6.33 Å². The number of nitrogens with one attached hydrogen (secondary N) is 1. The summed E-state index contributed by atoms with van der Waals surface area (Å²) in [6, 6.07) is 0.0937. The second-order valence-corrected chi connectivity index (χ2v) is 8.81. The number of nitrogens with zero attached hydrogens (tertiary/aromatic N) is 4. The molecule has 5 rings (SSSR count). The van der Waals surface area contributed by atoms with E-state index in [0.29, 0.717) is 12.8 Å². The Hall–Kier alpha value is -2.78. The lowest BCUT2D eigenvalue weighted by molar-refractivity contribution is -0.137. The Bertz CT molecular complexity index is 1100. The Morgan fingerprint density at radius 3 is 2.69 bits per heavy atom. The second-order valence-electron chi connectivity index (χ2n) is 8.81. The summed E-state index contributed by atoms with van der Waals surface area (Å²) in [7, 11) is 0. The molecule has 0 spiro atoms. The van der Waals surface area contributed by atoms with Crippen molar-refractivity contribution in [1.29, 1.82) is 0 Å². The van der Waals surface area contributed by atoms with E-state index in [2.05, 4.69) is 32.1 Å². The highest BCUT2D eigenvalue weighted by molar-refractivity contribution is 5.83. The monoisotopic (exact) mass is 442 g/mol. The molecule has 3 aliphatic rings. The van der Waals surface area contributed by atoms with E-state index in [1.807, 2.05) is 0 Å². The van der Waals surface area contributed by atoms with Crippen molar-refractivity contribution in [2.24, 2.45) is 0 Å². The number of nitrogen functional groups attached to an aromatic ring is 1. The zero-order valence-corrected chi connectivity index (χ0v) is 17.4. The number of fused-ring (bicyclic) bond motifs is 1. The molecule has 0 bridgehead atoms. The van der Waals surface area contributed by atoms with Gasteiger partial charge in [-0.05, 0) is 44.4 Å². The van der Waals surface area contributed by atoms with Gasteiger partial charge < -0.3 is 31.1 Å². The van der Waals surface area contributed by atoms with E-state index in [-0.39, 0.29) is 28.8 Å². The maximum absolute atomic E-state index is 12.4. The lowest BCUT2D eigenvalue weighted by atomic mass is 9.85. The van der Waals surface area contributed by atoms with E-state index in [0.717, 1.165) is 32.1 Å². The topological polar surface area (TPSA) is 169 Å². The van der Waals surface area contributed by atoms with Crippen LogP contribution >= 0.6 is 0 Å². The highest BCUT2D eigenvalue weighted by Gasteiger charge is 2.48. The largest absolute Gasteiger partial charge is 0.387 e. The zero-order chi connectivity index (χ0) is 22.5. The molecular formula is C21H26N6O5. The summed E-state index contributed by atoms with van der Waals surface area (Å²) >= 11 is 0. The van der Waals surface area contributed by atoms with Gasteiger partial charge in [-0.3, -0.25) is 9.36 Å². The lowest BCUT2D eigenvalue weighted by Gasteiger charge is -2.26.